The number of rotatable bonds is 4. The second kappa shape index (κ2) is 4.13. The molecule has 1 fully saturated rings. The first-order chi connectivity index (χ1) is 6.77. The first-order valence-electron chi connectivity index (χ1n) is 5.42. The van der Waals surface area contributed by atoms with Crippen LogP contribution in [0.3, 0.4) is 0 Å². The van der Waals surface area contributed by atoms with E-state index in [2.05, 4.69) is 10.5 Å². The van der Waals surface area contributed by atoms with E-state index in [0.29, 0.717) is 0 Å². The SMILES string of the molecule is Cc1noc(C)c1CCNC1CCC1. The van der Waals surface area contributed by atoms with Gasteiger partial charge in [-0.05, 0) is 39.7 Å². The lowest BCUT2D eigenvalue weighted by Gasteiger charge is -2.26. The Balaban J connectivity index is 1.79. The van der Waals surface area contributed by atoms with Gasteiger partial charge in [-0.15, -0.1) is 0 Å². The molecule has 0 unspecified atom stereocenters. The summed E-state index contributed by atoms with van der Waals surface area (Å²) in [5.41, 5.74) is 2.31. The van der Waals surface area contributed by atoms with Gasteiger partial charge < -0.3 is 9.84 Å². The highest BCUT2D eigenvalue weighted by molar-refractivity contribution is 5.20. The molecule has 0 aliphatic heterocycles. The van der Waals surface area contributed by atoms with E-state index in [-0.39, 0.29) is 0 Å². The van der Waals surface area contributed by atoms with Gasteiger partial charge in [0.1, 0.15) is 5.76 Å². The minimum absolute atomic E-state index is 0.774. The Morgan fingerprint density at radius 3 is 2.71 bits per heavy atom. The monoisotopic (exact) mass is 194 g/mol. The molecule has 2 rings (SSSR count). The van der Waals surface area contributed by atoms with Crippen molar-refractivity contribution >= 4 is 0 Å². The number of nitrogens with zero attached hydrogens (tertiary/aromatic N) is 1. The van der Waals surface area contributed by atoms with Gasteiger partial charge in [-0.25, -0.2) is 0 Å². The van der Waals surface area contributed by atoms with Crippen LogP contribution in [0.25, 0.3) is 0 Å². The summed E-state index contributed by atoms with van der Waals surface area (Å²) in [6.45, 7) is 5.04. The maximum atomic E-state index is 5.12. The molecule has 1 N–H and O–H groups in total. The maximum absolute atomic E-state index is 5.12. The van der Waals surface area contributed by atoms with Crippen LogP contribution >= 0.6 is 0 Å². The zero-order valence-corrected chi connectivity index (χ0v) is 8.97. The second-order valence-electron chi connectivity index (χ2n) is 4.13. The van der Waals surface area contributed by atoms with Crippen LogP contribution in [0.1, 0.15) is 36.3 Å². The molecular weight excluding hydrogens is 176 g/mol. The minimum Gasteiger partial charge on any atom is -0.361 e. The summed E-state index contributed by atoms with van der Waals surface area (Å²) in [7, 11) is 0. The van der Waals surface area contributed by atoms with E-state index in [1.54, 1.807) is 0 Å². The molecule has 0 spiro atoms. The lowest BCUT2D eigenvalue weighted by molar-refractivity contribution is 0.341. The molecule has 3 nitrogen and oxygen atoms in total. The molecule has 0 amide bonds. The van der Waals surface area contributed by atoms with E-state index in [0.717, 1.165) is 30.5 Å². The van der Waals surface area contributed by atoms with E-state index in [1.165, 1.54) is 24.8 Å². The average molecular weight is 194 g/mol. The van der Waals surface area contributed by atoms with Gasteiger partial charge in [0.25, 0.3) is 0 Å². The van der Waals surface area contributed by atoms with Crippen LogP contribution in [0.2, 0.25) is 0 Å². The predicted octanol–water partition coefficient (Wildman–Crippen LogP) is 1.98. The van der Waals surface area contributed by atoms with Crippen LogP contribution in [0.5, 0.6) is 0 Å². The van der Waals surface area contributed by atoms with Crippen molar-refractivity contribution in [1.29, 1.82) is 0 Å². The Bertz CT molecular complexity index is 283. The van der Waals surface area contributed by atoms with Crippen LogP contribution in [-0.4, -0.2) is 17.7 Å². The van der Waals surface area contributed by atoms with Crippen molar-refractivity contribution in [1.82, 2.24) is 10.5 Å². The Morgan fingerprint density at radius 2 is 2.21 bits per heavy atom. The summed E-state index contributed by atoms with van der Waals surface area (Å²) >= 11 is 0. The average Bonchev–Trinajstić information content (AvgIpc) is 2.39. The molecule has 0 atom stereocenters. The summed E-state index contributed by atoms with van der Waals surface area (Å²) in [6, 6.07) is 0.774. The zero-order valence-electron chi connectivity index (χ0n) is 8.97. The standard InChI is InChI=1S/C11H18N2O/c1-8-11(9(2)14-13-8)6-7-12-10-4-3-5-10/h10,12H,3-7H2,1-2H3. The third-order valence-electron chi connectivity index (χ3n) is 3.09. The number of nitrogens with one attached hydrogen (secondary N) is 1. The Morgan fingerprint density at radius 1 is 1.43 bits per heavy atom. The van der Waals surface area contributed by atoms with Crippen LogP contribution in [0.15, 0.2) is 4.52 Å². The lowest BCUT2D eigenvalue weighted by Crippen LogP contribution is -2.36. The number of hydrogen-bond acceptors (Lipinski definition) is 3. The molecule has 1 saturated carbocycles. The fourth-order valence-corrected chi connectivity index (χ4v) is 1.87. The van der Waals surface area contributed by atoms with Crippen molar-refractivity contribution < 1.29 is 4.52 Å². The van der Waals surface area contributed by atoms with Gasteiger partial charge in [0.05, 0.1) is 5.69 Å². The molecule has 1 aliphatic carbocycles. The molecule has 0 bridgehead atoms. The summed E-state index contributed by atoms with van der Waals surface area (Å²) in [6.07, 6.45) is 5.13. The molecule has 1 heterocycles. The van der Waals surface area contributed by atoms with Gasteiger partial charge in [0.15, 0.2) is 0 Å². The van der Waals surface area contributed by atoms with Crippen LogP contribution < -0.4 is 5.32 Å². The van der Waals surface area contributed by atoms with Gasteiger partial charge in [-0.1, -0.05) is 11.6 Å². The fourth-order valence-electron chi connectivity index (χ4n) is 1.87. The first-order valence-corrected chi connectivity index (χ1v) is 5.42. The van der Waals surface area contributed by atoms with Crippen molar-refractivity contribution in [2.45, 2.75) is 45.6 Å². The van der Waals surface area contributed by atoms with Crippen molar-refractivity contribution in [3.05, 3.63) is 17.0 Å². The third kappa shape index (κ3) is 1.98. The van der Waals surface area contributed by atoms with Crippen LogP contribution in [0.4, 0.5) is 0 Å². The lowest BCUT2D eigenvalue weighted by atomic mass is 9.93. The quantitative estimate of drug-likeness (QED) is 0.796. The van der Waals surface area contributed by atoms with E-state index < -0.39 is 0 Å². The molecular formula is C11H18N2O. The van der Waals surface area contributed by atoms with Crippen molar-refractivity contribution in [3.8, 4) is 0 Å². The molecule has 1 aromatic heterocycles. The van der Waals surface area contributed by atoms with E-state index in [4.69, 9.17) is 4.52 Å². The highest BCUT2D eigenvalue weighted by Gasteiger charge is 2.16. The highest BCUT2D eigenvalue weighted by Crippen LogP contribution is 2.18. The topological polar surface area (TPSA) is 38.1 Å². The van der Waals surface area contributed by atoms with Gasteiger partial charge in [0.2, 0.25) is 0 Å². The van der Waals surface area contributed by atoms with Gasteiger partial charge >= 0.3 is 0 Å². The van der Waals surface area contributed by atoms with Crippen molar-refractivity contribution in [2.75, 3.05) is 6.54 Å². The molecule has 1 aromatic rings. The molecule has 0 aromatic carbocycles. The molecule has 78 valence electrons. The molecule has 1 aliphatic rings. The summed E-state index contributed by atoms with van der Waals surface area (Å²) in [5, 5.41) is 7.49. The number of aryl methyl sites for hydroxylation is 2. The van der Waals surface area contributed by atoms with Crippen molar-refractivity contribution in [3.63, 3.8) is 0 Å². The third-order valence-corrected chi connectivity index (χ3v) is 3.09. The normalized spacial score (nSPS) is 17.0. The minimum atomic E-state index is 0.774. The van der Waals surface area contributed by atoms with Crippen molar-refractivity contribution in [2.24, 2.45) is 0 Å². The largest absolute Gasteiger partial charge is 0.361 e. The predicted molar refractivity (Wildman–Crippen MR) is 55.3 cm³/mol. The van der Waals surface area contributed by atoms with Gasteiger partial charge in [0, 0.05) is 11.6 Å². The summed E-state index contributed by atoms with van der Waals surface area (Å²) < 4.78 is 5.12. The number of hydrogen-bond donors (Lipinski definition) is 1. The first kappa shape index (κ1) is 9.71. The molecule has 0 saturated heterocycles. The van der Waals surface area contributed by atoms with E-state index >= 15 is 0 Å². The smallest absolute Gasteiger partial charge is 0.137 e. The zero-order chi connectivity index (χ0) is 9.97. The molecule has 3 heteroatoms. The maximum Gasteiger partial charge on any atom is 0.137 e. The van der Waals surface area contributed by atoms with E-state index in [1.807, 2.05) is 13.8 Å². The summed E-state index contributed by atoms with van der Waals surface area (Å²) in [5.74, 6) is 0.970. The Labute approximate surface area is 84.9 Å². The fraction of sp³-hybridized carbons (Fsp3) is 0.727. The number of aromatic nitrogens is 1. The molecule has 0 radical (unpaired) electrons. The van der Waals surface area contributed by atoms with Crippen LogP contribution in [0, 0.1) is 13.8 Å². The highest BCUT2D eigenvalue weighted by atomic mass is 16.5. The Kier molecular flexibility index (Phi) is 2.87. The van der Waals surface area contributed by atoms with Gasteiger partial charge in [-0.3, -0.25) is 0 Å². The summed E-state index contributed by atoms with van der Waals surface area (Å²) in [4.78, 5) is 0. The van der Waals surface area contributed by atoms with Crippen LogP contribution in [-0.2, 0) is 6.42 Å². The van der Waals surface area contributed by atoms with E-state index in [9.17, 15) is 0 Å². The van der Waals surface area contributed by atoms with Gasteiger partial charge in [-0.2, -0.15) is 0 Å². The molecule has 14 heavy (non-hydrogen) atoms. The second-order valence-corrected chi connectivity index (χ2v) is 4.13. The Hall–Kier alpha value is -0.830.